The highest BCUT2D eigenvalue weighted by Crippen LogP contribution is 2.27. The van der Waals surface area contributed by atoms with E-state index in [1.165, 1.54) is 0 Å². The van der Waals surface area contributed by atoms with Gasteiger partial charge in [-0.25, -0.2) is 0 Å². The van der Waals surface area contributed by atoms with E-state index >= 15 is 0 Å². The van der Waals surface area contributed by atoms with Crippen molar-refractivity contribution in [2.75, 3.05) is 12.8 Å². The second kappa shape index (κ2) is 6.37. The quantitative estimate of drug-likeness (QED) is 0.862. The largest absolute Gasteiger partial charge is 0.398 e. The van der Waals surface area contributed by atoms with Crippen LogP contribution in [0.1, 0.15) is 21.5 Å². The Balaban J connectivity index is 2.24. The maximum absolute atomic E-state index is 12.5. The van der Waals surface area contributed by atoms with E-state index in [-0.39, 0.29) is 5.91 Å². The summed E-state index contributed by atoms with van der Waals surface area (Å²) in [5.74, 6) is -0.101. The first-order valence-electron chi connectivity index (χ1n) is 6.45. The summed E-state index contributed by atoms with van der Waals surface area (Å²) < 4.78 is 0. The molecule has 0 saturated carbocycles. The first kappa shape index (κ1) is 15.7. The third-order valence-electron chi connectivity index (χ3n) is 3.39. The molecule has 0 aliphatic carbocycles. The molecular formula is C16H16Cl2N2O. The lowest BCUT2D eigenvalue weighted by molar-refractivity contribution is 0.0784. The summed E-state index contributed by atoms with van der Waals surface area (Å²) in [4.78, 5) is 14.1. The van der Waals surface area contributed by atoms with E-state index in [1.807, 2.05) is 19.1 Å². The zero-order valence-electron chi connectivity index (χ0n) is 11.9. The minimum absolute atomic E-state index is 0.101. The van der Waals surface area contributed by atoms with Crippen molar-refractivity contribution in [1.29, 1.82) is 0 Å². The van der Waals surface area contributed by atoms with Gasteiger partial charge in [0.05, 0.1) is 10.0 Å². The van der Waals surface area contributed by atoms with Crippen LogP contribution in [-0.4, -0.2) is 17.9 Å². The Morgan fingerprint density at radius 3 is 2.57 bits per heavy atom. The molecule has 0 saturated heterocycles. The maximum Gasteiger partial charge on any atom is 0.254 e. The summed E-state index contributed by atoms with van der Waals surface area (Å²) in [6, 6.07) is 10.7. The molecule has 0 aromatic heterocycles. The van der Waals surface area contributed by atoms with Gasteiger partial charge in [0.2, 0.25) is 0 Å². The van der Waals surface area contributed by atoms with E-state index in [2.05, 4.69) is 0 Å². The smallest absolute Gasteiger partial charge is 0.254 e. The Kier molecular flexibility index (Phi) is 4.76. The van der Waals surface area contributed by atoms with Crippen molar-refractivity contribution in [3.63, 3.8) is 0 Å². The number of nitrogens with zero attached hydrogens (tertiary/aromatic N) is 1. The maximum atomic E-state index is 12.5. The number of benzene rings is 2. The molecule has 2 rings (SSSR count). The zero-order chi connectivity index (χ0) is 15.6. The standard InChI is InChI=1S/C16H16Cl2N2O/c1-10-12(6-4-8-14(10)19)16(21)20(2)9-11-5-3-7-13(17)15(11)18/h3-8H,9,19H2,1-2H3. The highest BCUT2D eigenvalue weighted by atomic mass is 35.5. The lowest BCUT2D eigenvalue weighted by Gasteiger charge is -2.20. The van der Waals surface area contributed by atoms with Gasteiger partial charge in [0.15, 0.2) is 0 Å². The number of rotatable bonds is 3. The summed E-state index contributed by atoms with van der Waals surface area (Å²) in [7, 11) is 1.72. The van der Waals surface area contributed by atoms with Crippen LogP contribution in [-0.2, 0) is 6.54 Å². The Hall–Kier alpha value is -1.71. The summed E-state index contributed by atoms with van der Waals surface area (Å²) in [6.07, 6.45) is 0. The van der Waals surface area contributed by atoms with Crippen LogP contribution in [0.4, 0.5) is 5.69 Å². The fourth-order valence-electron chi connectivity index (χ4n) is 2.09. The van der Waals surface area contributed by atoms with Gasteiger partial charge in [0, 0.05) is 24.8 Å². The summed E-state index contributed by atoms with van der Waals surface area (Å²) in [5, 5.41) is 0.957. The fourth-order valence-corrected chi connectivity index (χ4v) is 2.47. The minimum atomic E-state index is -0.101. The van der Waals surface area contributed by atoms with E-state index in [4.69, 9.17) is 28.9 Å². The summed E-state index contributed by atoms with van der Waals surface area (Å²) >= 11 is 12.1. The highest BCUT2D eigenvalue weighted by molar-refractivity contribution is 6.42. The van der Waals surface area contributed by atoms with Crippen LogP contribution < -0.4 is 5.73 Å². The number of nitrogens with two attached hydrogens (primary N) is 1. The SMILES string of the molecule is Cc1c(N)cccc1C(=O)N(C)Cc1cccc(Cl)c1Cl. The average molecular weight is 323 g/mol. The van der Waals surface area contributed by atoms with Gasteiger partial charge in [0.25, 0.3) is 5.91 Å². The molecule has 110 valence electrons. The van der Waals surface area contributed by atoms with Crippen molar-refractivity contribution in [1.82, 2.24) is 4.90 Å². The third kappa shape index (κ3) is 3.31. The second-order valence-corrected chi connectivity index (χ2v) is 5.68. The molecule has 0 fully saturated rings. The molecule has 0 bridgehead atoms. The molecular weight excluding hydrogens is 307 g/mol. The van der Waals surface area contributed by atoms with Crippen molar-refractivity contribution >= 4 is 34.8 Å². The zero-order valence-corrected chi connectivity index (χ0v) is 13.4. The van der Waals surface area contributed by atoms with Crippen LogP contribution in [0.15, 0.2) is 36.4 Å². The molecule has 0 atom stereocenters. The van der Waals surface area contributed by atoms with Gasteiger partial charge in [-0.3, -0.25) is 4.79 Å². The average Bonchev–Trinajstić information content (AvgIpc) is 2.46. The van der Waals surface area contributed by atoms with Gasteiger partial charge < -0.3 is 10.6 Å². The lowest BCUT2D eigenvalue weighted by atomic mass is 10.1. The Labute approximate surface area is 134 Å². The molecule has 0 unspecified atom stereocenters. The Morgan fingerprint density at radius 2 is 1.86 bits per heavy atom. The molecule has 0 aliphatic heterocycles. The van der Waals surface area contributed by atoms with Crippen molar-refractivity contribution in [2.24, 2.45) is 0 Å². The van der Waals surface area contributed by atoms with Crippen LogP contribution in [0.25, 0.3) is 0 Å². The molecule has 2 aromatic carbocycles. The van der Waals surface area contributed by atoms with Crippen molar-refractivity contribution in [3.8, 4) is 0 Å². The van der Waals surface area contributed by atoms with Gasteiger partial charge in [-0.2, -0.15) is 0 Å². The topological polar surface area (TPSA) is 46.3 Å². The number of nitrogen functional groups attached to an aromatic ring is 1. The molecule has 2 N–H and O–H groups in total. The number of carbonyl (C=O) groups is 1. The molecule has 3 nitrogen and oxygen atoms in total. The first-order chi connectivity index (χ1) is 9.91. The Bertz CT molecular complexity index is 686. The van der Waals surface area contributed by atoms with E-state index in [1.54, 1.807) is 36.2 Å². The molecule has 0 radical (unpaired) electrons. The highest BCUT2D eigenvalue weighted by Gasteiger charge is 2.16. The van der Waals surface area contributed by atoms with Crippen LogP contribution in [0.3, 0.4) is 0 Å². The minimum Gasteiger partial charge on any atom is -0.398 e. The predicted molar refractivity (Wildman–Crippen MR) is 87.9 cm³/mol. The van der Waals surface area contributed by atoms with Crippen molar-refractivity contribution in [3.05, 3.63) is 63.1 Å². The Morgan fingerprint density at radius 1 is 1.19 bits per heavy atom. The molecule has 0 spiro atoms. The normalized spacial score (nSPS) is 10.5. The summed E-state index contributed by atoms with van der Waals surface area (Å²) in [6.45, 7) is 2.22. The number of hydrogen-bond acceptors (Lipinski definition) is 2. The number of anilines is 1. The van der Waals surface area contributed by atoms with Crippen LogP contribution in [0.5, 0.6) is 0 Å². The number of amides is 1. The van der Waals surface area contributed by atoms with E-state index < -0.39 is 0 Å². The van der Waals surface area contributed by atoms with Gasteiger partial charge in [-0.15, -0.1) is 0 Å². The van der Waals surface area contributed by atoms with E-state index in [0.717, 1.165) is 11.1 Å². The monoisotopic (exact) mass is 322 g/mol. The number of halogens is 2. The van der Waals surface area contributed by atoms with Gasteiger partial charge in [0.1, 0.15) is 0 Å². The van der Waals surface area contributed by atoms with E-state index in [9.17, 15) is 4.79 Å². The molecule has 0 heterocycles. The van der Waals surface area contributed by atoms with Crippen LogP contribution in [0.2, 0.25) is 10.0 Å². The van der Waals surface area contributed by atoms with Gasteiger partial charge in [-0.05, 0) is 36.2 Å². The van der Waals surface area contributed by atoms with Crippen LogP contribution >= 0.6 is 23.2 Å². The lowest BCUT2D eigenvalue weighted by Crippen LogP contribution is -2.27. The van der Waals surface area contributed by atoms with Crippen molar-refractivity contribution < 1.29 is 4.79 Å². The molecule has 1 amide bonds. The third-order valence-corrected chi connectivity index (χ3v) is 4.25. The molecule has 21 heavy (non-hydrogen) atoms. The molecule has 5 heteroatoms. The van der Waals surface area contributed by atoms with Crippen molar-refractivity contribution in [2.45, 2.75) is 13.5 Å². The number of hydrogen-bond donors (Lipinski definition) is 1. The predicted octanol–water partition coefficient (Wildman–Crippen LogP) is 4.16. The van der Waals surface area contributed by atoms with Crippen LogP contribution in [0, 0.1) is 6.92 Å². The summed E-state index contributed by atoms with van der Waals surface area (Å²) in [5.41, 5.74) is 8.64. The van der Waals surface area contributed by atoms with Gasteiger partial charge in [-0.1, -0.05) is 41.4 Å². The molecule has 2 aromatic rings. The first-order valence-corrected chi connectivity index (χ1v) is 7.21. The van der Waals surface area contributed by atoms with Gasteiger partial charge >= 0.3 is 0 Å². The second-order valence-electron chi connectivity index (χ2n) is 4.89. The fraction of sp³-hybridized carbons (Fsp3) is 0.188. The molecule has 0 aliphatic rings. The number of carbonyl (C=O) groups excluding carboxylic acids is 1. The van der Waals surface area contributed by atoms with E-state index in [0.29, 0.717) is 27.8 Å².